The van der Waals surface area contributed by atoms with E-state index < -0.39 is 17.3 Å². The Bertz CT molecular complexity index is 1440. The van der Waals surface area contributed by atoms with Crippen LogP contribution in [0.3, 0.4) is 0 Å². The lowest BCUT2D eigenvalue weighted by molar-refractivity contribution is -0.137. The van der Waals surface area contributed by atoms with Gasteiger partial charge in [-0.2, -0.15) is 18.4 Å². The maximum absolute atomic E-state index is 13.3. The quantitative estimate of drug-likeness (QED) is 0.425. The van der Waals surface area contributed by atoms with Gasteiger partial charge in [0.2, 0.25) is 11.8 Å². The molecule has 0 bridgehead atoms. The highest BCUT2D eigenvalue weighted by Crippen LogP contribution is 2.39. The molecule has 2 saturated heterocycles. The summed E-state index contributed by atoms with van der Waals surface area (Å²) < 4.78 is 45.4. The summed E-state index contributed by atoms with van der Waals surface area (Å²) in [6.45, 7) is 4.73. The molecule has 1 amide bonds. The van der Waals surface area contributed by atoms with Gasteiger partial charge in [-0.05, 0) is 68.3 Å². The largest absolute Gasteiger partial charge is 0.478 e. The second-order valence-corrected chi connectivity index (χ2v) is 10.7. The van der Waals surface area contributed by atoms with Crippen LogP contribution in [0, 0.1) is 17.2 Å². The monoisotopic (exact) mass is 563 g/mol. The van der Waals surface area contributed by atoms with Crippen molar-refractivity contribution in [3.8, 4) is 23.1 Å². The third-order valence-electron chi connectivity index (χ3n) is 8.00. The van der Waals surface area contributed by atoms with Crippen LogP contribution in [0.15, 0.2) is 60.8 Å². The molecule has 3 heterocycles. The van der Waals surface area contributed by atoms with Crippen LogP contribution in [-0.2, 0) is 16.5 Å². The van der Waals surface area contributed by atoms with Gasteiger partial charge in [0.15, 0.2) is 0 Å². The summed E-state index contributed by atoms with van der Waals surface area (Å²) in [5, 5.41) is 13.0. The van der Waals surface area contributed by atoms with Crippen LogP contribution >= 0.6 is 0 Å². The number of nitrogens with one attached hydrogen (secondary N) is 1. The average molecular weight is 564 g/mol. The van der Waals surface area contributed by atoms with E-state index in [1.165, 1.54) is 6.07 Å². The van der Waals surface area contributed by atoms with Crippen LogP contribution in [0.4, 0.5) is 18.9 Å². The minimum Gasteiger partial charge on any atom is -0.478 e. The molecule has 0 aliphatic carbocycles. The van der Waals surface area contributed by atoms with Crippen LogP contribution in [0.1, 0.15) is 36.5 Å². The summed E-state index contributed by atoms with van der Waals surface area (Å²) >= 11 is 0. The lowest BCUT2D eigenvalue weighted by atomic mass is 9.79. The molecule has 2 fully saturated rings. The summed E-state index contributed by atoms with van der Waals surface area (Å²) in [6.07, 6.45) is -1.77. The molecule has 10 heteroatoms. The fourth-order valence-corrected chi connectivity index (χ4v) is 5.73. The number of amides is 1. The molecule has 3 aromatic rings. The van der Waals surface area contributed by atoms with Gasteiger partial charge in [-0.1, -0.05) is 24.3 Å². The van der Waals surface area contributed by atoms with Gasteiger partial charge in [-0.15, -0.1) is 0 Å². The molecule has 1 N–H and O–H groups in total. The second-order valence-electron chi connectivity index (χ2n) is 10.7. The topological polar surface area (TPSA) is 81.5 Å². The molecule has 0 spiro atoms. The molecule has 0 atom stereocenters. The fourth-order valence-electron chi connectivity index (χ4n) is 5.73. The minimum atomic E-state index is -4.52. The first-order chi connectivity index (χ1) is 19.6. The number of rotatable bonds is 7. The van der Waals surface area contributed by atoms with Crippen molar-refractivity contribution in [3.63, 3.8) is 0 Å². The van der Waals surface area contributed by atoms with E-state index in [1.807, 2.05) is 61.3 Å². The normalized spacial score (nSPS) is 17.4. The second kappa shape index (κ2) is 11.4. The van der Waals surface area contributed by atoms with Crippen LogP contribution in [0.5, 0.6) is 5.88 Å². The Hall–Kier alpha value is -4.10. The number of hydrogen-bond donors (Lipinski definition) is 1. The van der Waals surface area contributed by atoms with Gasteiger partial charge >= 0.3 is 6.18 Å². The predicted molar refractivity (Wildman–Crippen MR) is 149 cm³/mol. The third-order valence-corrected chi connectivity index (χ3v) is 8.00. The first kappa shape index (κ1) is 28.4. The van der Waals surface area contributed by atoms with Crippen molar-refractivity contribution in [2.45, 2.75) is 31.5 Å². The first-order valence-corrected chi connectivity index (χ1v) is 13.7. The van der Waals surface area contributed by atoms with Gasteiger partial charge in [0.05, 0.1) is 34.9 Å². The van der Waals surface area contributed by atoms with Gasteiger partial charge in [0.1, 0.15) is 6.07 Å². The Morgan fingerprint density at radius 2 is 1.85 bits per heavy atom. The van der Waals surface area contributed by atoms with Crippen LogP contribution in [0.25, 0.3) is 11.1 Å². The minimum absolute atomic E-state index is 0.00115. The summed E-state index contributed by atoms with van der Waals surface area (Å²) in [7, 11) is 1.97. The van der Waals surface area contributed by atoms with Gasteiger partial charge in [-0.25, -0.2) is 4.98 Å². The molecule has 5 rings (SSSR count). The maximum atomic E-state index is 13.3. The first-order valence-electron chi connectivity index (χ1n) is 13.7. The van der Waals surface area contributed by atoms with E-state index in [9.17, 15) is 23.2 Å². The number of piperidine rings is 1. The van der Waals surface area contributed by atoms with Gasteiger partial charge < -0.3 is 19.9 Å². The summed E-state index contributed by atoms with van der Waals surface area (Å²) in [5.74, 6) is 0.468. The lowest BCUT2D eigenvalue weighted by Gasteiger charge is -2.45. The molecule has 0 unspecified atom stereocenters. The summed E-state index contributed by atoms with van der Waals surface area (Å²) in [4.78, 5) is 21.6. The molecular weight excluding hydrogens is 531 g/mol. The highest BCUT2D eigenvalue weighted by Gasteiger charge is 2.41. The number of benzene rings is 2. The Kier molecular flexibility index (Phi) is 7.91. The number of hydrogen-bond acceptors (Lipinski definition) is 6. The van der Waals surface area contributed by atoms with E-state index in [2.05, 4.69) is 15.2 Å². The van der Waals surface area contributed by atoms with Crippen LogP contribution in [-0.4, -0.2) is 55.6 Å². The van der Waals surface area contributed by atoms with Crippen LogP contribution in [0.2, 0.25) is 0 Å². The molecule has 2 aliphatic rings. The molecule has 0 radical (unpaired) electrons. The fraction of sp³-hybridized carbons (Fsp3) is 0.387. The zero-order chi connectivity index (χ0) is 29.2. The highest BCUT2D eigenvalue weighted by atomic mass is 19.4. The maximum Gasteiger partial charge on any atom is 0.416 e. The molecule has 7 nitrogen and oxygen atoms in total. The molecule has 41 heavy (non-hydrogen) atoms. The lowest BCUT2D eigenvalue weighted by Crippen LogP contribution is -2.59. The van der Waals surface area contributed by atoms with Crippen molar-refractivity contribution >= 4 is 11.6 Å². The van der Waals surface area contributed by atoms with Gasteiger partial charge in [0, 0.05) is 37.9 Å². The molecule has 0 saturated carbocycles. The Morgan fingerprint density at radius 3 is 2.46 bits per heavy atom. The Morgan fingerprint density at radius 1 is 1.15 bits per heavy atom. The number of carbonyl (C=O) groups excluding carboxylic acids is 1. The number of ether oxygens (including phenoxy) is 1. The van der Waals surface area contributed by atoms with E-state index in [0.717, 1.165) is 28.8 Å². The number of alkyl halides is 3. The van der Waals surface area contributed by atoms with E-state index in [4.69, 9.17) is 4.74 Å². The number of anilines is 1. The van der Waals surface area contributed by atoms with E-state index >= 15 is 0 Å². The molecule has 1 aromatic heterocycles. The van der Waals surface area contributed by atoms with Gasteiger partial charge in [0.25, 0.3) is 0 Å². The summed E-state index contributed by atoms with van der Waals surface area (Å²) in [6, 6.07) is 17.0. The zero-order valence-corrected chi connectivity index (χ0v) is 23.0. The molecule has 214 valence electrons. The number of nitriles is 1. The standard InChI is InChI=1S/C31H32F3N5O2/c1-3-41-29-26(5-4-14-36-29)21-6-8-24(9-7-21)30(37-28(40)23-19-38(2)20-23)12-15-39(16-13-30)27-11-10-25(31(32,33)34)17-22(27)18-35/h4-11,14,17,23H,3,12-13,15-16,19-20H2,1-2H3,(H,37,40). The molecule has 2 aliphatic heterocycles. The predicted octanol–water partition coefficient (Wildman–Crippen LogP) is 5.21. The number of likely N-dealkylation sites (tertiary alicyclic amines) is 1. The summed E-state index contributed by atoms with van der Waals surface area (Å²) in [5.41, 5.74) is 1.72. The van der Waals surface area contributed by atoms with Crippen molar-refractivity contribution in [2.24, 2.45) is 5.92 Å². The number of halogens is 3. The molecular formula is C31H32F3N5O2. The van der Waals surface area contributed by atoms with Crippen molar-refractivity contribution in [1.82, 2.24) is 15.2 Å². The van der Waals surface area contributed by atoms with E-state index in [1.54, 1.807) is 6.20 Å². The Labute approximate surface area is 237 Å². The van der Waals surface area contributed by atoms with Crippen molar-refractivity contribution < 1.29 is 22.7 Å². The van der Waals surface area contributed by atoms with E-state index in [0.29, 0.717) is 57.2 Å². The number of pyridine rings is 1. The van der Waals surface area contributed by atoms with Gasteiger partial charge in [-0.3, -0.25) is 4.79 Å². The number of carbonyl (C=O) groups is 1. The zero-order valence-electron chi connectivity index (χ0n) is 23.0. The average Bonchev–Trinajstić information content (AvgIpc) is 2.95. The number of nitrogens with zero attached hydrogens (tertiary/aromatic N) is 4. The smallest absolute Gasteiger partial charge is 0.416 e. The SMILES string of the molecule is CCOc1ncccc1-c1ccc(C2(NC(=O)C3CN(C)C3)CCN(c3ccc(C(F)(F)F)cc3C#N)CC2)cc1. The van der Waals surface area contributed by atoms with Crippen molar-refractivity contribution in [3.05, 3.63) is 77.5 Å². The van der Waals surface area contributed by atoms with Crippen LogP contribution < -0.4 is 15.0 Å². The molecule has 2 aromatic carbocycles. The highest BCUT2D eigenvalue weighted by molar-refractivity contribution is 5.81. The van der Waals surface area contributed by atoms with Crippen molar-refractivity contribution in [2.75, 3.05) is 44.7 Å². The number of aromatic nitrogens is 1. The third kappa shape index (κ3) is 5.86. The Balaban J connectivity index is 1.42. The van der Waals surface area contributed by atoms with Crippen molar-refractivity contribution in [1.29, 1.82) is 5.26 Å². The van der Waals surface area contributed by atoms with E-state index in [-0.39, 0.29) is 17.4 Å².